The van der Waals surface area contributed by atoms with Gasteiger partial charge in [0.1, 0.15) is 0 Å². The van der Waals surface area contributed by atoms with Gasteiger partial charge in [0.15, 0.2) is 0 Å². The number of halogens is 3. The summed E-state index contributed by atoms with van der Waals surface area (Å²) in [4.78, 5) is 1.72. The Morgan fingerprint density at radius 1 is 1.06 bits per heavy atom. The molecular weight excluding hydrogens is 443 g/mol. The molecule has 3 rings (SSSR count). The summed E-state index contributed by atoms with van der Waals surface area (Å²) in [6, 6.07) is 4.34. The van der Waals surface area contributed by atoms with E-state index in [0.717, 1.165) is 25.7 Å². The summed E-state index contributed by atoms with van der Waals surface area (Å²) in [6.45, 7) is 7.31. The molecule has 1 aromatic rings. The van der Waals surface area contributed by atoms with E-state index in [4.69, 9.17) is 4.74 Å². The number of hydrogen-bond donors (Lipinski definition) is 2. The molecule has 1 aliphatic carbocycles. The number of benzene rings is 1. The summed E-state index contributed by atoms with van der Waals surface area (Å²) < 4.78 is 73.0. The smallest absolute Gasteiger partial charge is 0.385 e. The SMILES string of the molecule is CC(C)(C)S(=O)(=O)N[C@H]1CC[C@H](CNc2ccc(N3CCOCC3)c(C(F)(F)F)c2)CC1. The van der Waals surface area contributed by atoms with E-state index in [1.54, 1.807) is 31.7 Å². The van der Waals surface area contributed by atoms with E-state index < -0.39 is 26.5 Å². The summed E-state index contributed by atoms with van der Waals surface area (Å²) in [5, 5.41) is 3.16. The van der Waals surface area contributed by atoms with Crippen LogP contribution in [-0.4, -0.2) is 52.1 Å². The Kier molecular flexibility index (Phi) is 7.66. The van der Waals surface area contributed by atoms with E-state index in [1.807, 2.05) is 0 Å². The summed E-state index contributed by atoms with van der Waals surface area (Å²) in [5.74, 6) is 0.290. The van der Waals surface area contributed by atoms with E-state index in [2.05, 4.69) is 10.0 Å². The fourth-order valence-corrected chi connectivity index (χ4v) is 5.12. The lowest BCUT2D eigenvalue weighted by molar-refractivity contribution is -0.137. The molecule has 1 aliphatic heterocycles. The lowest BCUT2D eigenvalue weighted by Crippen LogP contribution is -2.46. The molecule has 1 heterocycles. The molecule has 0 amide bonds. The molecule has 2 N–H and O–H groups in total. The van der Waals surface area contributed by atoms with Crippen molar-refractivity contribution in [2.24, 2.45) is 5.92 Å². The average Bonchev–Trinajstić information content (AvgIpc) is 2.72. The van der Waals surface area contributed by atoms with Gasteiger partial charge in [-0.1, -0.05) is 0 Å². The van der Waals surface area contributed by atoms with Gasteiger partial charge >= 0.3 is 6.18 Å². The number of sulfonamides is 1. The third-order valence-corrected chi connectivity index (χ3v) is 8.48. The number of rotatable bonds is 6. The van der Waals surface area contributed by atoms with Crippen molar-refractivity contribution in [3.05, 3.63) is 23.8 Å². The van der Waals surface area contributed by atoms with Crippen LogP contribution in [0.5, 0.6) is 0 Å². The van der Waals surface area contributed by atoms with Gasteiger partial charge < -0.3 is 15.0 Å². The molecule has 182 valence electrons. The first kappa shape index (κ1) is 25.1. The molecule has 32 heavy (non-hydrogen) atoms. The van der Waals surface area contributed by atoms with Gasteiger partial charge in [-0.05, 0) is 70.6 Å². The van der Waals surface area contributed by atoms with Crippen LogP contribution in [0.3, 0.4) is 0 Å². The van der Waals surface area contributed by atoms with Crippen molar-refractivity contribution in [1.29, 1.82) is 0 Å². The molecule has 10 heteroatoms. The van der Waals surface area contributed by atoms with Crippen molar-refractivity contribution < 1.29 is 26.3 Å². The Balaban J connectivity index is 1.57. The van der Waals surface area contributed by atoms with E-state index in [9.17, 15) is 21.6 Å². The van der Waals surface area contributed by atoms with Crippen LogP contribution in [0.15, 0.2) is 18.2 Å². The molecule has 6 nitrogen and oxygen atoms in total. The minimum atomic E-state index is -4.44. The monoisotopic (exact) mass is 477 g/mol. The van der Waals surface area contributed by atoms with E-state index in [1.165, 1.54) is 12.1 Å². The summed E-state index contributed by atoms with van der Waals surface area (Å²) in [5.41, 5.74) is 0.00702. The van der Waals surface area contributed by atoms with Crippen LogP contribution in [0.4, 0.5) is 24.5 Å². The summed E-state index contributed by atoms with van der Waals surface area (Å²) >= 11 is 0. The molecule has 1 saturated heterocycles. The lowest BCUT2D eigenvalue weighted by atomic mass is 9.86. The van der Waals surface area contributed by atoms with Crippen LogP contribution >= 0.6 is 0 Å². The van der Waals surface area contributed by atoms with Gasteiger partial charge in [0, 0.05) is 37.1 Å². The van der Waals surface area contributed by atoms with Crippen LogP contribution in [-0.2, 0) is 20.9 Å². The molecule has 2 aliphatic rings. The largest absolute Gasteiger partial charge is 0.418 e. The number of hydrogen-bond acceptors (Lipinski definition) is 5. The highest BCUT2D eigenvalue weighted by Gasteiger charge is 2.36. The predicted octanol–water partition coefficient (Wildman–Crippen LogP) is 4.23. The molecule has 0 spiro atoms. The van der Waals surface area contributed by atoms with Crippen molar-refractivity contribution in [3.8, 4) is 0 Å². The maximum absolute atomic E-state index is 13.7. The molecule has 1 aromatic carbocycles. The normalized spacial score (nSPS) is 23.2. The first-order chi connectivity index (χ1) is 14.9. The molecule has 0 aromatic heterocycles. The van der Waals surface area contributed by atoms with Crippen LogP contribution in [0.2, 0.25) is 0 Å². The van der Waals surface area contributed by atoms with Crippen molar-refractivity contribution in [3.63, 3.8) is 0 Å². The van der Waals surface area contributed by atoms with Gasteiger partial charge in [0.25, 0.3) is 0 Å². The van der Waals surface area contributed by atoms with E-state index in [0.29, 0.717) is 44.5 Å². The van der Waals surface area contributed by atoms with Gasteiger partial charge in [-0.2, -0.15) is 13.2 Å². The highest BCUT2D eigenvalue weighted by Crippen LogP contribution is 2.39. The highest BCUT2D eigenvalue weighted by molar-refractivity contribution is 7.90. The Morgan fingerprint density at radius 2 is 1.69 bits per heavy atom. The second-order valence-electron chi connectivity index (χ2n) is 9.66. The first-order valence-electron chi connectivity index (χ1n) is 11.2. The number of nitrogens with zero attached hydrogens (tertiary/aromatic N) is 1. The molecule has 0 unspecified atom stereocenters. The van der Waals surface area contributed by atoms with Crippen molar-refractivity contribution >= 4 is 21.4 Å². The molecular formula is C22H34F3N3O3S. The maximum Gasteiger partial charge on any atom is 0.418 e. The molecule has 0 atom stereocenters. The fourth-order valence-electron chi connectivity index (χ4n) is 4.10. The van der Waals surface area contributed by atoms with Gasteiger partial charge in [0.05, 0.1) is 23.5 Å². The van der Waals surface area contributed by atoms with E-state index >= 15 is 0 Å². The lowest BCUT2D eigenvalue weighted by Gasteiger charge is -2.32. The Labute approximate surface area is 188 Å². The van der Waals surface area contributed by atoms with Crippen LogP contribution in [0.1, 0.15) is 52.0 Å². The minimum absolute atomic E-state index is 0.0832. The zero-order valence-corrected chi connectivity index (χ0v) is 19.8. The van der Waals surface area contributed by atoms with Crippen molar-refractivity contribution in [2.75, 3.05) is 43.1 Å². The van der Waals surface area contributed by atoms with Crippen molar-refractivity contribution in [1.82, 2.24) is 4.72 Å². The number of anilines is 2. The molecule has 0 bridgehead atoms. The fraction of sp³-hybridized carbons (Fsp3) is 0.727. The standard InChI is InChI=1S/C22H34F3N3O3S/c1-21(2,3)32(29,30)27-17-6-4-16(5-7-17)15-26-18-8-9-20(19(14-18)22(23,24)25)28-10-12-31-13-11-28/h8-9,14,16-17,26-27H,4-7,10-13,15H2,1-3H3/t16-,17-. The third kappa shape index (κ3) is 6.29. The van der Waals surface area contributed by atoms with Gasteiger partial charge in [-0.15, -0.1) is 0 Å². The highest BCUT2D eigenvalue weighted by atomic mass is 32.2. The zero-order chi connectivity index (χ0) is 23.6. The zero-order valence-electron chi connectivity index (χ0n) is 19.0. The number of morpholine rings is 1. The van der Waals surface area contributed by atoms with Crippen LogP contribution < -0.4 is 14.9 Å². The molecule has 1 saturated carbocycles. The second-order valence-corrected chi connectivity index (χ2v) is 12.1. The van der Waals surface area contributed by atoms with Gasteiger partial charge in [-0.25, -0.2) is 13.1 Å². The van der Waals surface area contributed by atoms with Crippen LogP contribution in [0.25, 0.3) is 0 Å². The molecule has 2 fully saturated rings. The summed E-state index contributed by atoms with van der Waals surface area (Å²) in [6.07, 6.45) is -1.34. The topological polar surface area (TPSA) is 70.7 Å². The summed E-state index contributed by atoms with van der Waals surface area (Å²) in [7, 11) is -3.39. The number of alkyl halides is 3. The predicted molar refractivity (Wildman–Crippen MR) is 121 cm³/mol. The quantitative estimate of drug-likeness (QED) is 0.642. The maximum atomic E-state index is 13.7. The van der Waals surface area contributed by atoms with E-state index in [-0.39, 0.29) is 11.7 Å². The third-order valence-electron chi connectivity index (χ3n) is 6.22. The Hall–Kier alpha value is -1.52. The Bertz CT molecular complexity index is 871. The van der Waals surface area contributed by atoms with Crippen molar-refractivity contribution in [2.45, 2.75) is 63.4 Å². The van der Waals surface area contributed by atoms with Crippen LogP contribution in [0, 0.1) is 5.92 Å². The second kappa shape index (κ2) is 9.77. The number of nitrogens with one attached hydrogen (secondary N) is 2. The van der Waals surface area contributed by atoms with Gasteiger partial charge in [0.2, 0.25) is 10.0 Å². The number of ether oxygens (including phenoxy) is 1. The Morgan fingerprint density at radius 3 is 2.25 bits per heavy atom. The average molecular weight is 478 g/mol. The first-order valence-corrected chi connectivity index (χ1v) is 12.6. The minimum Gasteiger partial charge on any atom is -0.385 e. The van der Waals surface area contributed by atoms with Gasteiger partial charge in [-0.3, -0.25) is 0 Å². The molecule has 0 radical (unpaired) electrons.